The number of thiophene rings is 1. The Morgan fingerprint density at radius 2 is 2.50 bits per heavy atom. The van der Waals surface area contributed by atoms with Crippen molar-refractivity contribution in [3.05, 3.63) is 22.4 Å². The van der Waals surface area contributed by atoms with E-state index in [0.29, 0.717) is 26.1 Å². The van der Waals surface area contributed by atoms with Crippen LogP contribution in [0.1, 0.15) is 24.1 Å². The third kappa shape index (κ3) is 3.80. The summed E-state index contributed by atoms with van der Waals surface area (Å²) in [6.07, 6.45) is 2.77. The van der Waals surface area contributed by atoms with E-state index in [4.69, 9.17) is 10.5 Å². The number of hydrogen-bond acceptors (Lipinski definition) is 4. The van der Waals surface area contributed by atoms with Crippen LogP contribution < -0.4 is 5.73 Å². The van der Waals surface area contributed by atoms with Crippen LogP contribution in [0.3, 0.4) is 0 Å². The first-order chi connectivity index (χ1) is 8.79. The number of carbonyl (C=O) groups is 1. The van der Waals surface area contributed by atoms with Gasteiger partial charge in [-0.1, -0.05) is 6.07 Å². The lowest BCUT2D eigenvalue weighted by Crippen LogP contribution is -2.37. The van der Waals surface area contributed by atoms with Gasteiger partial charge in [-0.05, 0) is 24.3 Å². The molecule has 1 amide bonds. The SMILES string of the molecule is NCCC(=O)N(Cc1cccs1)CC1CCCO1. The molecule has 1 unspecified atom stereocenters. The van der Waals surface area contributed by atoms with Gasteiger partial charge < -0.3 is 15.4 Å². The lowest BCUT2D eigenvalue weighted by Gasteiger charge is -2.25. The monoisotopic (exact) mass is 268 g/mol. The highest BCUT2D eigenvalue weighted by Gasteiger charge is 2.22. The minimum Gasteiger partial charge on any atom is -0.376 e. The van der Waals surface area contributed by atoms with Crippen molar-refractivity contribution in [1.82, 2.24) is 4.90 Å². The third-order valence-corrected chi connectivity index (χ3v) is 3.95. The second-order valence-corrected chi connectivity index (χ2v) is 5.56. The van der Waals surface area contributed by atoms with E-state index in [2.05, 4.69) is 6.07 Å². The van der Waals surface area contributed by atoms with Gasteiger partial charge in [0.2, 0.25) is 5.91 Å². The van der Waals surface area contributed by atoms with Gasteiger partial charge in [0.25, 0.3) is 0 Å². The standard InChI is InChI=1S/C13H20N2O2S/c14-6-5-13(16)15(9-11-3-1-7-17-11)10-12-4-2-8-18-12/h2,4,8,11H,1,3,5-7,9-10,14H2. The predicted molar refractivity (Wildman–Crippen MR) is 72.4 cm³/mol. The highest BCUT2D eigenvalue weighted by molar-refractivity contribution is 7.09. The Labute approximate surface area is 112 Å². The molecule has 18 heavy (non-hydrogen) atoms. The molecular formula is C13H20N2O2S. The first-order valence-electron chi connectivity index (χ1n) is 6.41. The summed E-state index contributed by atoms with van der Waals surface area (Å²) in [5.41, 5.74) is 5.47. The van der Waals surface area contributed by atoms with Crippen LogP contribution in [0.5, 0.6) is 0 Å². The fourth-order valence-electron chi connectivity index (χ4n) is 2.16. The third-order valence-electron chi connectivity index (χ3n) is 3.09. The Hall–Kier alpha value is -0.910. The fraction of sp³-hybridized carbons (Fsp3) is 0.615. The van der Waals surface area contributed by atoms with Crippen LogP contribution in [0, 0.1) is 0 Å². The lowest BCUT2D eigenvalue weighted by atomic mass is 10.2. The summed E-state index contributed by atoms with van der Waals surface area (Å²) < 4.78 is 5.61. The van der Waals surface area contributed by atoms with Crippen molar-refractivity contribution in [1.29, 1.82) is 0 Å². The van der Waals surface area contributed by atoms with Crippen LogP contribution in [0.2, 0.25) is 0 Å². The maximum atomic E-state index is 12.1. The highest BCUT2D eigenvalue weighted by Crippen LogP contribution is 2.17. The van der Waals surface area contributed by atoms with Crippen molar-refractivity contribution in [2.24, 2.45) is 5.73 Å². The average Bonchev–Trinajstić information content (AvgIpc) is 3.01. The first-order valence-corrected chi connectivity index (χ1v) is 7.29. The predicted octanol–water partition coefficient (Wildman–Crippen LogP) is 1.60. The number of nitrogens with zero attached hydrogens (tertiary/aromatic N) is 1. The lowest BCUT2D eigenvalue weighted by molar-refractivity contribution is -0.133. The molecular weight excluding hydrogens is 248 g/mol. The van der Waals surface area contributed by atoms with Gasteiger partial charge in [-0.2, -0.15) is 0 Å². The van der Waals surface area contributed by atoms with E-state index in [1.54, 1.807) is 11.3 Å². The van der Waals surface area contributed by atoms with Crippen LogP contribution in [0.25, 0.3) is 0 Å². The molecule has 100 valence electrons. The van der Waals surface area contributed by atoms with Gasteiger partial charge in [-0.25, -0.2) is 0 Å². The van der Waals surface area contributed by atoms with E-state index in [-0.39, 0.29) is 12.0 Å². The largest absolute Gasteiger partial charge is 0.376 e. The summed E-state index contributed by atoms with van der Waals surface area (Å²) in [7, 11) is 0. The zero-order chi connectivity index (χ0) is 12.8. The summed E-state index contributed by atoms with van der Waals surface area (Å²) >= 11 is 1.68. The van der Waals surface area contributed by atoms with Gasteiger partial charge in [0.15, 0.2) is 0 Å². The van der Waals surface area contributed by atoms with Crippen LogP contribution in [0.15, 0.2) is 17.5 Å². The molecule has 0 aromatic carbocycles. The Kier molecular flexibility index (Phi) is 5.16. The minimum absolute atomic E-state index is 0.126. The molecule has 2 N–H and O–H groups in total. The molecule has 1 aromatic heterocycles. The van der Waals surface area contributed by atoms with Crippen LogP contribution in [0.4, 0.5) is 0 Å². The van der Waals surface area contributed by atoms with Crippen molar-refractivity contribution < 1.29 is 9.53 Å². The molecule has 1 saturated heterocycles. The van der Waals surface area contributed by atoms with E-state index < -0.39 is 0 Å². The minimum atomic E-state index is 0.126. The molecule has 1 aromatic rings. The molecule has 0 saturated carbocycles. The first kappa shape index (κ1) is 13.5. The van der Waals surface area contributed by atoms with E-state index in [0.717, 1.165) is 19.4 Å². The number of amides is 1. The molecule has 0 radical (unpaired) electrons. The van der Waals surface area contributed by atoms with Crippen molar-refractivity contribution in [2.45, 2.75) is 31.9 Å². The van der Waals surface area contributed by atoms with E-state index in [1.165, 1.54) is 4.88 Å². The topological polar surface area (TPSA) is 55.6 Å². The van der Waals surface area contributed by atoms with Crippen LogP contribution in [-0.4, -0.2) is 36.6 Å². The number of carbonyl (C=O) groups excluding carboxylic acids is 1. The van der Waals surface area contributed by atoms with Crippen molar-refractivity contribution in [3.63, 3.8) is 0 Å². The molecule has 2 rings (SSSR count). The Morgan fingerprint density at radius 3 is 3.11 bits per heavy atom. The van der Waals surface area contributed by atoms with Gasteiger partial charge in [-0.15, -0.1) is 11.3 Å². The summed E-state index contributed by atoms with van der Waals surface area (Å²) in [4.78, 5) is 15.1. The molecule has 5 heteroatoms. The van der Waals surface area contributed by atoms with Gasteiger partial charge in [0, 0.05) is 31.0 Å². The van der Waals surface area contributed by atoms with Crippen LogP contribution in [-0.2, 0) is 16.1 Å². The average molecular weight is 268 g/mol. The molecule has 1 fully saturated rings. The van der Waals surface area contributed by atoms with E-state index in [9.17, 15) is 4.79 Å². The molecule has 4 nitrogen and oxygen atoms in total. The van der Waals surface area contributed by atoms with Gasteiger partial charge >= 0.3 is 0 Å². The molecule has 0 bridgehead atoms. The second-order valence-electron chi connectivity index (χ2n) is 4.53. The smallest absolute Gasteiger partial charge is 0.224 e. The molecule has 1 aliphatic rings. The summed E-state index contributed by atoms with van der Waals surface area (Å²) in [5.74, 6) is 0.126. The number of rotatable bonds is 6. The summed E-state index contributed by atoms with van der Waals surface area (Å²) in [5, 5.41) is 2.03. The molecule has 2 heterocycles. The number of nitrogens with two attached hydrogens (primary N) is 1. The molecule has 0 aliphatic carbocycles. The van der Waals surface area contributed by atoms with Crippen molar-refractivity contribution in [3.8, 4) is 0 Å². The maximum absolute atomic E-state index is 12.1. The van der Waals surface area contributed by atoms with Gasteiger partial charge in [0.1, 0.15) is 0 Å². The van der Waals surface area contributed by atoms with E-state index in [1.807, 2.05) is 16.3 Å². The summed E-state index contributed by atoms with van der Waals surface area (Å²) in [6.45, 7) is 2.60. The normalized spacial score (nSPS) is 19.1. The Morgan fingerprint density at radius 1 is 1.61 bits per heavy atom. The quantitative estimate of drug-likeness (QED) is 0.852. The molecule has 1 aliphatic heterocycles. The molecule has 0 spiro atoms. The van der Waals surface area contributed by atoms with E-state index >= 15 is 0 Å². The maximum Gasteiger partial charge on any atom is 0.224 e. The zero-order valence-electron chi connectivity index (χ0n) is 10.5. The number of ether oxygens (including phenoxy) is 1. The van der Waals surface area contributed by atoms with Crippen LogP contribution >= 0.6 is 11.3 Å². The van der Waals surface area contributed by atoms with Gasteiger partial charge in [0.05, 0.1) is 12.6 Å². The highest BCUT2D eigenvalue weighted by atomic mass is 32.1. The second kappa shape index (κ2) is 6.87. The van der Waals surface area contributed by atoms with Crippen molar-refractivity contribution >= 4 is 17.2 Å². The number of hydrogen-bond donors (Lipinski definition) is 1. The molecule has 1 atom stereocenters. The van der Waals surface area contributed by atoms with Gasteiger partial charge in [-0.3, -0.25) is 4.79 Å². The Balaban J connectivity index is 1.94. The summed E-state index contributed by atoms with van der Waals surface area (Å²) in [6, 6.07) is 4.07. The zero-order valence-corrected chi connectivity index (χ0v) is 11.3. The Bertz CT molecular complexity index is 361. The van der Waals surface area contributed by atoms with Crippen molar-refractivity contribution in [2.75, 3.05) is 19.7 Å². The fourth-order valence-corrected chi connectivity index (χ4v) is 2.88.